The van der Waals surface area contributed by atoms with Gasteiger partial charge in [0.25, 0.3) is 0 Å². The molecule has 1 aliphatic heterocycles. The zero-order valence-electron chi connectivity index (χ0n) is 19.6. The topological polar surface area (TPSA) is 86.8 Å². The average molecular weight is 441 g/mol. The number of hydrogen-bond donors (Lipinski definition) is 0. The summed E-state index contributed by atoms with van der Waals surface area (Å²) >= 11 is 0. The van der Waals surface area contributed by atoms with Crippen LogP contribution in [-0.2, 0) is 11.8 Å². The summed E-state index contributed by atoms with van der Waals surface area (Å²) in [5, 5.41) is 8.59. The molecule has 9 nitrogen and oxygen atoms in total. The third-order valence-electron chi connectivity index (χ3n) is 5.71. The van der Waals surface area contributed by atoms with E-state index in [2.05, 4.69) is 10.2 Å². The van der Waals surface area contributed by atoms with Crippen LogP contribution in [0.5, 0.6) is 5.88 Å². The van der Waals surface area contributed by atoms with E-state index in [4.69, 9.17) is 14.5 Å². The molecule has 1 amide bonds. The van der Waals surface area contributed by atoms with Crippen molar-refractivity contribution in [2.45, 2.75) is 65.2 Å². The molecule has 0 bridgehead atoms. The smallest absolute Gasteiger partial charge is 0.410 e. The fraction of sp³-hybridized carbons (Fsp3) is 0.565. The van der Waals surface area contributed by atoms with Crippen LogP contribution in [0.25, 0.3) is 16.8 Å². The second kappa shape index (κ2) is 8.44. The maximum atomic E-state index is 12.4. The minimum atomic E-state index is -0.485. The first-order valence-electron chi connectivity index (χ1n) is 11.3. The molecule has 0 aromatic carbocycles. The monoisotopic (exact) mass is 440 g/mol. The number of rotatable bonds is 3. The number of aryl methyl sites for hydroxylation is 1. The van der Waals surface area contributed by atoms with Crippen molar-refractivity contribution in [2.75, 3.05) is 6.54 Å². The SMILES string of the molecule is CC.Cn1cc(-c2cn3nccc3c(OC3CC4CN(C(=O)OC(C)(C)C)C4C3)n2)cn1. The molecule has 0 radical (unpaired) electrons. The molecule has 5 rings (SSSR count). The summed E-state index contributed by atoms with van der Waals surface area (Å²) in [5.41, 5.74) is 2.00. The maximum Gasteiger partial charge on any atom is 0.410 e. The highest BCUT2D eigenvalue weighted by molar-refractivity contribution is 5.70. The molecule has 1 saturated carbocycles. The van der Waals surface area contributed by atoms with Crippen molar-refractivity contribution in [3.05, 3.63) is 30.9 Å². The van der Waals surface area contributed by atoms with Gasteiger partial charge in [-0.2, -0.15) is 10.2 Å². The summed E-state index contributed by atoms with van der Waals surface area (Å²) in [6, 6.07) is 2.07. The van der Waals surface area contributed by atoms with E-state index in [-0.39, 0.29) is 18.2 Å². The van der Waals surface area contributed by atoms with Gasteiger partial charge in [0.05, 0.1) is 24.3 Å². The number of likely N-dealkylation sites (tertiary alicyclic amines) is 1. The second-order valence-electron chi connectivity index (χ2n) is 9.17. The van der Waals surface area contributed by atoms with Crippen molar-refractivity contribution in [3.8, 4) is 17.1 Å². The van der Waals surface area contributed by atoms with E-state index in [1.807, 2.05) is 65.0 Å². The van der Waals surface area contributed by atoms with Gasteiger partial charge in [-0.1, -0.05) is 13.8 Å². The number of hydrogen-bond acceptors (Lipinski definition) is 6. The number of amides is 1. The van der Waals surface area contributed by atoms with Gasteiger partial charge in [0.2, 0.25) is 5.88 Å². The largest absolute Gasteiger partial charge is 0.473 e. The lowest BCUT2D eigenvalue weighted by Crippen LogP contribution is -2.57. The molecule has 3 atom stereocenters. The fourth-order valence-corrected chi connectivity index (χ4v) is 4.34. The third kappa shape index (κ3) is 4.28. The van der Waals surface area contributed by atoms with Crippen LogP contribution in [0.3, 0.4) is 0 Å². The number of carbonyl (C=O) groups is 1. The molecule has 0 N–H and O–H groups in total. The van der Waals surface area contributed by atoms with Gasteiger partial charge in [0.15, 0.2) is 0 Å². The van der Waals surface area contributed by atoms with Gasteiger partial charge in [-0.3, -0.25) is 4.68 Å². The lowest BCUT2D eigenvalue weighted by Gasteiger charge is -2.44. The van der Waals surface area contributed by atoms with E-state index < -0.39 is 5.60 Å². The Morgan fingerprint density at radius 1 is 1.16 bits per heavy atom. The number of ether oxygens (including phenoxy) is 2. The van der Waals surface area contributed by atoms with Crippen LogP contribution in [0, 0.1) is 5.92 Å². The van der Waals surface area contributed by atoms with Crippen LogP contribution in [0.4, 0.5) is 4.79 Å². The minimum Gasteiger partial charge on any atom is -0.473 e. The van der Waals surface area contributed by atoms with E-state index in [1.54, 1.807) is 21.6 Å². The summed E-state index contributed by atoms with van der Waals surface area (Å²) in [4.78, 5) is 19.0. The van der Waals surface area contributed by atoms with E-state index in [9.17, 15) is 4.79 Å². The average Bonchev–Trinajstić information content (AvgIpc) is 3.43. The zero-order chi connectivity index (χ0) is 23.0. The van der Waals surface area contributed by atoms with Crippen LogP contribution >= 0.6 is 0 Å². The van der Waals surface area contributed by atoms with Crippen LogP contribution in [0.2, 0.25) is 0 Å². The van der Waals surface area contributed by atoms with Gasteiger partial charge in [0, 0.05) is 43.7 Å². The summed E-state index contributed by atoms with van der Waals surface area (Å²) in [5.74, 6) is 1.01. The van der Waals surface area contributed by atoms with E-state index >= 15 is 0 Å². The Bertz CT molecular complexity index is 1100. The lowest BCUT2D eigenvalue weighted by molar-refractivity contribution is -0.0210. The summed E-state index contributed by atoms with van der Waals surface area (Å²) in [6.45, 7) is 10.4. The number of carbonyl (C=O) groups excluding carboxylic acids is 1. The highest BCUT2D eigenvalue weighted by Gasteiger charge is 2.50. The van der Waals surface area contributed by atoms with Crippen LogP contribution in [0.1, 0.15) is 47.5 Å². The molecule has 32 heavy (non-hydrogen) atoms. The molecular formula is C23H32N6O3. The molecule has 3 aromatic heterocycles. The van der Waals surface area contributed by atoms with E-state index in [0.717, 1.165) is 36.2 Å². The summed E-state index contributed by atoms with van der Waals surface area (Å²) < 4.78 is 15.4. The molecule has 1 saturated heterocycles. The van der Waals surface area contributed by atoms with Crippen LogP contribution < -0.4 is 4.74 Å². The molecule has 0 spiro atoms. The number of nitrogens with zero attached hydrogens (tertiary/aromatic N) is 6. The normalized spacial score (nSPS) is 22.1. The molecule has 2 aliphatic rings. The maximum absolute atomic E-state index is 12.4. The van der Waals surface area contributed by atoms with Crippen molar-refractivity contribution >= 4 is 11.6 Å². The van der Waals surface area contributed by atoms with Crippen LogP contribution in [-0.4, -0.2) is 59.7 Å². The van der Waals surface area contributed by atoms with Gasteiger partial charge in [-0.05, 0) is 33.3 Å². The van der Waals surface area contributed by atoms with Crippen molar-refractivity contribution in [1.29, 1.82) is 0 Å². The van der Waals surface area contributed by atoms with Crippen LogP contribution in [0.15, 0.2) is 30.9 Å². The van der Waals surface area contributed by atoms with Crippen molar-refractivity contribution < 1.29 is 14.3 Å². The third-order valence-corrected chi connectivity index (χ3v) is 5.71. The van der Waals surface area contributed by atoms with Gasteiger partial charge >= 0.3 is 6.09 Å². The molecule has 2 fully saturated rings. The second-order valence-corrected chi connectivity index (χ2v) is 9.17. The number of fused-ring (bicyclic) bond motifs is 2. The Labute approximate surface area is 188 Å². The van der Waals surface area contributed by atoms with Crippen molar-refractivity contribution in [1.82, 2.24) is 29.3 Å². The first-order chi connectivity index (χ1) is 15.3. The van der Waals surface area contributed by atoms with E-state index in [0.29, 0.717) is 11.8 Å². The first kappa shape index (κ1) is 22.1. The Hall–Kier alpha value is -3.10. The molecule has 3 aromatic rings. The Balaban J connectivity index is 0.00000119. The molecular weight excluding hydrogens is 408 g/mol. The lowest BCUT2D eigenvalue weighted by atomic mass is 9.93. The predicted octanol–water partition coefficient (Wildman–Crippen LogP) is 3.93. The molecule has 4 heterocycles. The zero-order valence-corrected chi connectivity index (χ0v) is 19.6. The summed E-state index contributed by atoms with van der Waals surface area (Å²) in [7, 11) is 1.87. The Morgan fingerprint density at radius 3 is 2.62 bits per heavy atom. The fourth-order valence-electron chi connectivity index (χ4n) is 4.34. The molecule has 3 unspecified atom stereocenters. The van der Waals surface area contributed by atoms with Crippen molar-refractivity contribution in [2.24, 2.45) is 13.0 Å². The predicted molar refractivity (Wildman–Crippen MR) is 120 cm³/mol. The van der Waals surface area contributed by atoms with Crippen molar-refractivity contribution in [3.63, 3.8) is 0 Å². The summed E-state index contributed by atoms with van der Waals surface area (Å²) in [6.07, 6.45) is 8.75. The minimum absolute atomic E-state index is 0.00258. The van der Waals surface area contributed by atoms with Gasteiger partial charge in [-0.25, -0.2) is 14.3 Å². The first-order valence-corrected chi connectivity index (χ1v) is 11.3. The standard InChI is InChI=1S/C21H26N6O3.C2H6/c1-21(2,3)30-20(28)26-11-13-7-15(8-18(13)26)29-19-17-5-6-22-27(17)12-16(24-19)14-9-23-25(4)10-14;1-2/h5-6,9-10,12-13,15,18H,7-8,11H2,1-4H3;1-2H3. The van der Waals surface area contributed by atoms with Gasteiger partial charge in [-0.15, -0.1) is 0 Å². The van der Waals surface area contributed by atoms with Gasteiger partial charge in [0.1, 0.15) is 17.2 Å². The quantitative estimate of drug-likeness (QED) is 0.613. The van der Waals surface area contributed by atoms with Gasteiger partial charge < -0.3 is 14.4 Å². The van der Waals surface area contributed by atoms with E-state index in [1.165, 1.54) is 0 Å². The molecule has 1 aliphatic carbocycles. The Kier molecular flexibility index (Phi) is 5.83. The highest BCUT2D eigenvalue weighted by Crippen LogP contribution is 2.41. The molecule has 172 valence electrons. The highest BCUT2D eigenvalue weighted by atomic mass is 16.6. The Morgan fingerprint density at radius 2 is 1.94 bits per heavy atom. The number of aromatic nitrogens is 5. The molecule has 9 heteroatoms.